The first kappa shape index (κ1) is 18.2. The molecule has 1 aromatic heterocycles. The first-order valence-electron chi connectivity index (χ1n) is 9.67. The van der Waals surface area contributed by atoms with Gasteiger partial charge in [-0.1, -0.05) is 60.7 Å². The van der Waals surface area contributed by atoms with E-state index in [9.17, 15) is 9.59 Å². The Morgan fingerprint density at radius 1 is 1.04 bits per heavy atom. The maximum atomic E-state index is 13.1. The van der Waals surface area contributed by atoms with Gasteiger partial charge in [-0.3, -0.25) is 14.7 Å². The van der Waals surface area contributed by atoms with E-state index in [-0.39, 0.29) is 17.6 Å². The fourth-order valence-electron chi connectivity index (χ4n) is 3.81. The number of nitrogens with one attached hydrogen (secondary N) is 1. The SMILES string of the molecule is O=C(Cc1ccccc1)C1CCCN(C(=O)c2cn[nH]c2-c2ccccc2)C1. The molecular formula is C23H23N3O2. The Morgan fingerprint density at radius 2 is 1.75 bits per heavy atom. The number of hydrogen-bond donors (Lipinski definition) is 1. The Morgan fingerprint density at radius 3 is 2.50 bits per heavy atom. The summed E-state index contributed by atoms with van der Waals surface area (Å²) in [7, 11) is 0. The van der Waals surface area contributed by atoms with Crippen LogP contribution >= 0.6 is 0 Å². The van der Waals surface area contributed by atoms with Crippen molar-refractivity contribution in [1.82, 2.24) is 15.1 Å². The van der Waals surface area contributed by atoms with E-state index in [1.54, 1.807) is 11.1 Å². The maximum Gasteiger partial charge on any atom is 0.257 e. The van der Waals surface area contributed by atoms with Crippen LogP contribution in [0.25, 0.3) is 11.3 Å². The van der Waals surface area contributed by atoms with Crippen LogP contribution in [-0.2, 0) is 11.2 Å². The zero-order chi connectivity index (χ0) is 19.3. The Bertz CT molecular complexity index is 950. The summed E-state index contributed by atoms with van der Waals surface area (Å²) in [5.74, 6) is 0.0361. The molecule has 1 amide bonds. The highest BCUT2D eigenvalue weighted by Gasteiger charge is 2.30. The maximum absolute atomic E-state index is 13.1. The molecule has 1 atom stereocenters. The standard InChI is InChI=1S/C23H23N3O2/c27-21(14-17-8-3-1-4-9-17)19-12-7-13-26(16-19)23(28)20-15-24-25-22(20)18-10-5-2-6-11-18/h1-6,8-11,15,19H,7,12-14,16H2,(H,24,25). The molecule has 1 aliphatic heterocycles. The second kappa shape index (κ2) is 8.21. The number of Topliss-reactive ketones (excluding diaryl/α,β-unsaturated/α-hetero) is 1. The highest BCUT2D eigenvalue weighted by Crippen LogP contribution is 2.25. The van der Waals surface area contributed by atoms with Crippen molar-refractivity contribution in [3.8, 4) is 11.3 Å². The number of piperidine rings is 1. The van der Waals surface area contributed by atoms with Gasteiger partial charge in [0.25, 0.3) is 5.91 Å². The van der Waals surface area contributed by atoms with Crippen LogP contribution in [0.1, 0.15) is 28.8 Å². The lowest BCUT2D eigenvalue weighted by atomic mass is 9.90. The van der Waals surface area contributed by atoms with E-state index in [0.717, 1.165) is 29.7 Å². The number of carbonyl (C=O) groups is 2. The zero-order valence-corrected chi connectivity index (χ0v) is 15.7. The van der Waals surface area contributed by atoms with Gasteiger partial charge < -0.3 is 4.90 Å². The largest absolute Gasteiger partial charge is 0.338 e. The van der Waals surface area contributed by atoms with Crippen molar-refractivity contribution < 1.29 is 9.59 Å². The van der Waals surface area contributed by atoms with Crippen LogP contribution in [0.5, 0.6) is 0 Å². The minimum absolute atomic E-state index is 0.0650. The Hall–Kier alpha value is -3.21. The number of aromatic amines is 1. The number of H-pyrrole nitrogens is 1. The van der Waals surface area contributed by atoms with Crippen molar-refractivity contribution in [3.63, 3.8) is 0 Å². The Labute approximate surface area is 164 Å². The molecule has 2 heterocycles. The highest BCUT2D eigenvalue weighted by molar-refractivity contribution is 6.00. The molecule has 1 N–H and O–H groups in total. The highest BCUT2D eigenvalue weighted by atomic mass is 16.2. The summed E-state index contributed by atoms with van der Waals surface area (Å²) < 4.78 is 0. The molecule has 5 heteroatoms. The van der Waals surface area contributed by atoms with Gasteiger partial charge in [-0.15, -0.1) is 0 Å². The molecule has 142 valence electrons. The third kappa shape index (κ3) is 3.88. The molecule has 28 heavy (non-hydrogen) atoms. The normalized spacial score (nSPS) is 16.7. The van der Waals surface area contributed by atoms with Gasteiger partial charge >= 0.3 is 0 Å². The van der Waals surface area contributed by atoms with E-state index in [4.69, 9.17) is 0 Å². The average Bonchev–Trinajstić information content (AvgIpc) is 3.24. The summed E-state index contributed by atoms with van der Waals surface area (Å²) in [5.41, 5.74) is 3.24. The van der Waals surface area contributed by atoms with Crippen molar-refractivity contribution in [1.29, 1.82) is 0 Å². The van der Waals surface area contributed by atoms with Gasteiger partial charge in [-0.25, -0.2) is 0 Å². The predicted molar refractivity (Wildman–Crippen MR) is 108 cm³/mol. The Kier molecular flexibility index (Phi) is 5.33. The first-order chi connectivity index (χ1) is 13.7. The van der Waals surface area contributed by atoms with Crippen LogP contribution in [0, 0.1) is 5.92 Å². The molecule has 0 radical (unpaired) electrons. The summed E-state index contributed by atoms with van der Waals surface area (Å²) in [4.78, 5) is 27.7. The van der Waals surface area contributed by atoms with Crippen molar-refractivity contribution in [2.24, 2.45) is 5.92 Å². The molecule has 0 bridgehead atoms. The van der Waals surface area contributed by atoms with Crippen LogP contribution in [0.4, 0.5) is 0 Å². The molecule has 3 aromatic rings. The van der Waals surface area contributed by atoms with Crippen molar-refractivity contribution in [2.45, 2.75) is 19.3 Å². The second-order valence-corrected chi connectivity index (χ2v) is 7.24. The van der Waals surface area contributed by atoms with E-state index >= 15 is 0 Å². The molecule has 5 nitrogen and oxygen atoms in total. The number of nitrogens with zero attached hydrogens (tertiary/aromatic N) is 2. The number of ketones is 1. The Balaban J connectivity index is 1.47. The van der Waals surface area contributed by atoms with E-state index in [2.05, 4.69) is 10.2 Å². The summed E-state index contributed by atoms with van der Waals surface area (Å²) in [6, 6.07) is 19.5. The molecular weight excluding hydrogens is 350 g/mol. The van der Waals surface area contributed by atoms with Crippen molar-refractivity contribution in [2.75, 3.05) is 13.1 Å². The van der Waals surface area contributed by atoms with Crippen LogP contribution in [-0.4, -0.2) is 39.9 Å². The van der Waals surface area contributed by atoms with Gasteiger partial charge in [0.1, 0.15) is 5.78 Å². The van der Waals surface area contributed by atoms with Gasteiger partial charge in [0.15, 0.2) is 0 Å². The molecule has 1 unspecified atom stereocenters. The van der Waals surface area contributed by atoms with Crippen LogP contribution in [0.15, 0.2) is 66.9 Å². The summed E-state index contributed by atoms with van der Waals surface area (Å²) >= 11 is 0. The van der Waals surface area contributed by atoms with Gasteiger partial charge in [0.05, 0.1) is 17.5 Å². The third-order valence-electron chi connectivity index (χ3n) is 5.32. The van der Waals surface area contributed by atoms with Crippen molar-refractivity contribution in [3.05, 3.63) is 78.0 Å². The second-order valence-electron chi connectivity index (χ2n) is 7.24. The number of carbonyl (C=O) groups excluding carboxylic acids is 2. The van der Waals surface area contributed by atoms with E-state index in [1.165, 1.54) is 0 Å². The molecule has 0 aliphatic carbocycles. The third-order valence-corrected chi connectivity index (χ3v) is 5.32. The van der Waals surface area contributed by atoms with E-state index in [0.29, 0.717) is 25.1 Å². The molecule has 4 rings (SSSR count). The van der Waals surface area contributed by atoms with Crippen molar-refractivity contribution >= 4 is 11.7 Å². The van der Waals surface area contributed by atoms with Gasteiger partial charge in [-0.05, 0) is 18.4 Å². The fourth-order valence-corrected chi connectivity index (χ4v) is 3.81. The van der Waals surface area contributed by atoms with Crippen LogP contribution < -0.4 is 0 Å². The summed E-state index contributed by atoms with van der Waals surface area (Å²) in [6.07, 6.45) is 3.69. The lowest BCUT2D eigenvalue weighted by Gasteiger charge is -2.32. The lowest BCUT2D eigenvalue weighted by molar-refractivity contribution is -0.123. The predicted octanol–water partition coefficient (Wildman–Crippen LogP) is 3.74. The quantitative estimate of drug-likeness (QED) is 0.741. The average molecular weight is 373 g/mol. The number of likely N-dealkylation sites (tertiary alicyclic amines) is 1. The molecule has 0 saturated carbocycles. The fraction of sp³-hybridized carbons (Fsp3) is 0.261. The van der Waals surface area contributed by atoms with E-state index in [1.807, 2.05) is 60.7 Å². The van der Waals surface area contributed by atoms with Gasteiger partial charge in [0, 0.05) is 31.0 Å². The molecule has 0 spiro atoms. The number of hydrogen-bond acceptors (Lipinski definition) is 3. The van der Waals surface area contributed by atoms with Gasteiger partial charge in [-0.2, -0.15) is 5.10 Å². The first-order valence-corrected chi connectivity index (χ1v) is 9.67. The smallest absolute Gasteiger partial charge is 0.257 e. The summed E-state index contributed by atoms with van der Waals surface area (Å²) in [6.45, 7) is 1.15. The molecule has 1 saturated heterocycles. The number of amides is 1. The number of benzene rings is 2. The monoisotopic (exact) mass is 373 g/mol. The molecule has 1 fully saturated rings. The molecule has 1 aliphatic rings. The minimum Gasteiger partial charge on any atom is -0.338 e. The van der Waals surface area contributed by atoms with E-state index < -0.39 is 0 Å². The number of aromatic nitrogens is 2. The summed E-state index contributed by atoms with van der Waals surface area (Å²) in [5, 5.41) is 7.03. The van der Waals surface area contributed by atoms with Gasteiger partial charge in [0.2, 0.25) is 0 Å². The minimum atomic E-state index is -0.106. The van der Waals surface area contributed by atoms with Crippen LogP contribution in [0.2, 0.25) is 0 Å². The van der Waals surface area contributed by atoms with Crippen LogP contribution in [0.3, 0.4) is 0 Å². The lowest BCUT2D eigenvalue weighted by Crippen LogP contribution is -2.42. The molecule has 2 aromatic carbocycles. The zero-order valence-electron chi connectivity index (χ0n) is 15.7. The number of rotatable bonds is 5. The topological polar surface area (TPSA) is 66.1 Å².